The molecule has 3 N–H and O–H groups in total. The number of hydrogen-bond acceptors (Lipinski definition) is 6. The lowest BCUT2D eigenvalue weighted by Crippen LogP contribution is -2.25. The number of fused-ring (bicyclic) bond motifs is 1. The molecule has 1 heterocycles. The summed E-state index contributed by atoms with van der Waals surface area (Å²) in [7, 11) is -1.30. The zero-order valence-electron chi connectivity index (χ0n) is 14.5. The molecule has 1 aromatic heterocycles. The number of nitrogens with zero attached hydrogens (tertiary/aromatic N) is 2. The van der Waals surface area contributed by atoms with Crippen LogP contribution in [0.15, 0.2) is 52.2 Å². The van der Waals surface area contributed by atoms with Gasteiger partial charge in [0.15, 0.2) is 5.69 Å². The normalized spacial score (nSPS) is 11.4. The summed E-state index contributed by atoms with van der Waals surface area (Å²) in [5.41, 5.74) is -0.117. The Morgan fingerprint density at radius 1 is 1.19 bits per heavy atom. The third-order valence-electron chi connectivity index (χ3n) is 3.90. The number of hydrogen-bond donors (Lipinski definition) is 2. The molecule has 0 fully saturated rings. The van der Waals surface area contributed by atoms with Gasteiger partial charge in [0.05, 0.1) is 12.5 Å². The number of carbonyl (C=O) groups excluding carboxylic acids is 1. The Morgan fingerprint density at radius 3 is 2.48 bits per heavy atom. The summed E-state index contributed by atoms with van der Waals surface area (Å²) >= 11 is 0. The van der Waals surface area contributed by atoms with Gasteiger partial charge < -0.3 is 10.1 Å². The number of benzene rings is 2. The van der Waals surface area contributed by atoms with Gasteiger partial charge in [0, 0.05) is 18.1 Å². The van der Waals surface area contributed by atoms with Crippen molar-refractivity contribution >= 4 is 32.4 Å². The van der Waals surface area contributed by atoms with Crippen LogP contribution in [0.4, 0.5) is 5.69 Å². The van der Waals surface area contributed by atoms with E-state index in [4.69, 9.17) is 9.88 Å². The predicted octanol–water partition coefficient (Wildman–Crippen LogP) is 0.842. The Bertz CT molecular complexity index is 1220. The van der Waals surface area contributed by atoms with Crippen LogP contribution < -0.4 is 20.8 Å². The number of rotatable bonds is 4. The minimum atomic E-state index is -4.05. The average molecular weight is 388 g/mol. The minimum Gasteiger partial charge on any atom is -0.495 e. The Balaban J connectivity index is 2.06. The largest absolute Gasteiger partial charge is 0.495 e. The summed E-state index contributed by atoms with van der Waals surface area (Å²) in [5.74, 6) is -0.548. The van der Waals surface area contributed by atoms with Gasteiger partial charge in [-0.25, -0.2) is 18.2 Å². The lowest BCUT2D eigenvalue weighted by molar-refractivity contribution is 0.102. The van der Waals surface area contributed by atoms with Gasteiger partial charge in [-0.2, -0.15) is 5.10 Å². The molecule has 0 saturated carbocycles. The number of anilines is 1. The number of primary sulfonamides is 1. The second-order valence-electron chi connectivity index (χ2n) is 5.69. The lowest BCUT2D eigenvalue weighted by Gasteiger charge is -2.11. The molecule has 0 aliphatic carbocycles. The standard InChI is InChI=1S/C17H16N4O5S/c1-21-17(23)12-6-4-3-5-11(12)15(20-21)16(22)19-10-7-8-13(26-2)14(9-10)27(18,24)25/h3-9H,1-2H3,(H,19,22)(H2,18,24,25). The van der Waals surface area contributed by atoms with Gasteiger partial charge in [-0.15, -0.1) is 0 Å². The summed E-state index contributed by atoms with van der Waals surface area (Å²) in [5, 5.41) is 12.5. The molecular weight excluding hydrogens is 372 g/mol. The highest BCUT2D eigenvalue weighted by Gasteiger charge is 2.19. The first kappa shape index (κ1) is 18.5. The number of methoxy groups -OCH3 is 1. The highest BCUT2D eigenvalue weighted by molar-refractivity contribution is 7.89. The maximum Gasteiger partial charge on any atom is 0.276 e. The SMILES string of the molecule is COc1ccc(NC(=O)c2nn(C)c(=O)c3ccccc23)cc1S(N)(=O)=O. The first-order chi connectivity index (χ1) is 12.7. The third-order valence-corrected chi connectivity index (χ3v) is 4.83. The van der Waals surface area contributed by atoms with Crippen LogP contribution in [0, 0.1) is 0 Å². The zero-order chi connectivity index (χ0) is 19.8. The molecular formula is C17H16N4O5S. The van der Waals surface area contributed by atoms with Crippen molar-refractivity contribution in [3.63, 3.8) is 0 Å². The Labute approximate surface area is 154 Å². The van der Waals surface area contributed by atoms with Crippen LogP contribution in [0.25, 0.3) is 10.8 Å². The van der Waals surface area contributed by atoms with Crippen molar-refractivity contribution in [1.82, 2.24) is 9.78 Å². The van der Waals surface area contributed by atoms with Gasteiger partial charge in [-0.05, 0) is 24.3 Å². The van der Waals surface area contributed by atoms with Crippen LogP contribution in [-0.4, -0.2) is 31.2 Å². The number of ether oxygens (including phenoxy) is 1. The summed E-state index contributed by atoms with van der Waals surface area (Å²) in [6.45, 7) is 0. The van der Waals surface area contributed by atoms with E-state index in [1.165, 1.54) is 32.4 Å². The molecule has 0 saturated heterocycles. The van der Waals surface area contributed by atoms with Crippen LogP contribution >= 0.6 is 0 Å². The number of nitrogens with one attached hydrogen (secondary N) is 1. The molecule has 27 heavy (non-hydrogen) atoms. The highest BCUT2D eigenvalue weighted by atomic mass is 32.2. The van der Waals surface area contributed by atoms with E-state index in [1.54, 1.807) is 24.3 Å². The Morgan fingerprint density at radius 2 is 1.85 bits per heavy atom. The van der Waals surface area contributed by atoms with Gasteiger partial charge >= 0.3 is 0 Å². The molecule has 9 nitrogen and oxygen atoms in total. The van der Waals surface area contributed by atoms with Gasteiger partial charge in [-0.3, -0.25) is 9.59 Å². The molecule has 2 aromatic carbocycles. The van der Waals surface area contributed by atoms with E-state index in [1.807, 2.05) is 0 Å². The van der Waals surface area contributed by atoms with Crippen LogP contribution in [0.3, 0.4) is 0 Å². The maximum atomic E-state index is 12.7. The van der Waals surface area contributed by atoms with E-state index in [0.29, 0.717) is 10.8 Å². The fraction of sp³-hybridized carbons (Fsp3) is 0.118. The Kier molecular flexibility index (Phi) is 4.68. The quantitative estimate of drug-likeness (QED) is 0.680. The molecule has 0 atom stereocenters. The summed E-state index contributed by atoms with van der Waals surface area (Å²) in [6, 6.07) is 10.6. The number of aryl methyl sites for hydroxylation is 1. The van der Waals surface area contributed by atoms with E-state index in [0.717, 1.165) is 4.68 Å². The number of amides is 1. The van der Waals surface area contributed by atoms with Gasteiger partial charge in [0.25, 0.3) is 11.5 Å². The van der Waals surface area contributed by atoms with Gasteiger partial charge in [0.2, 0.25) is 10.0 Å². The van der Waals surface area contributed by atoms with E-state index < -0.39 is 15.9 Å². The number of sulfonamides is 1. The van der Waals surface area contributed by atoms with Crippen LogP contribution in [0.2, 0.25) is 0 Å². The van der Waals surface area contributed by atoms with Gasteiger partial charge in [0.1, 0.15) is 10.6 Å². The maximum absolute atomic E-state index is 12.7. The molecule has 140 valence electrons. The fourth-order valence-electron chi connectivity index (χ4n) is 2.63. The number of aromatic nitrogens is 2. The fourth-order valence-corrected chi connectivity index (χ4v) is 3.36. The number of carbonyl (C=O) groups is 1. The molecule has 0 aliphatic rings. The van der Waals surface area contributed by atoms with Crippen molar-refractivity contribution in [3.05, 3.63) is 58.5 Å². The summed E-state index contributed by atoms with van der Waals surface area (Å²) in [6.07, 6.45) is 0. The molecule has 3 aromatic rings. The first-order valence-corrected chi connectivity index (χ1v) is 9.25. The minimum absolute atomic E-state index is 0.0284. The first-order valence-electron chi connectivity index (χ1n) is 7.70. The zero-order valence-corrected chi connectivity index (χ0v) is 15.3. The second kappa shape index (κ2) is 6.82. The second-order valence-corrected chi connectivity index (χ2v) is 7.22. The molecule has 0 spiro atoms. The molecule has 0 radical (unpaired) electrons. The number of nitrogens with two attached hydrogens (primary N) is 1. The Hall–Kier alpha value is -3.24. The lowest BCUT2D eigenvalue weighted by atomic mass is 10.1. The molecule has 0 bridgehead atoms. The van der Waals surface area contributed by atoms with E-state index in [9.17, 15) is 18.0 Å². The average Bonchev–Trinajstić information content (AvgIpc) is 2.64. The van der Waals surface area contributed by atoms with Crippen molar-refractivity contribution in [1.29, 1.82) is 0 Å². The van der Waals surface area contributed by atoms with Crippen LogP contribution in [-0.2, 0) is 17.1 Å². The molecule has 3 rings (SSSR count). The van der Waals surface area contributed by atoms with Crippen LogP contribution in [0.1, 0.15) is 10.5 Å². The topological polar surface area (TPSA) is 133 Å². The van der Waals surface area contributed by atoms with Crippen molar-refractivity contribution < 1.29 is 17.9 Å². The van der Waals surface area contributed by atoms with Crippen molar-refractivity contribution in [2.75, 3.05) is 12.4 Å². The van der Waals surface area contributed by atoms with Crippen molar-refractivity contribution in [3.8, 4) is 5.75 Å². The summed E-state index contributed by atoms with van der Waals surface area (Å²) in [4.78, 5) is 24.6. The smallest absolute Gasteiger partial charge is 0.276 e. The molecule has 0 aliphatic heterocycles. The van der Waals surface area contributed by atoms with Crippen molar-refractivity contribution in [2.24, 2.45) is 12.2 Å². The summed E-state index contributed by atoms with van der Waals surface area (Å²) < 4.78 is 29.5. The van der Waals surface area contributed by atoms with Gasteiger partial charge in [-0.1, -0.05) is 18.2 Å². The van der Waals surface area contributed by atoms with Crippen molar-refractivity contribution in [2.45, 2.75) is 4.90 Å². The molecule has 1 amide bonds. The van der Waals surface area contributed by atoms with Crippen LogP contribution in [0.5, 0.6) is 5.75 Å². The monoisotopic (exact) mass is 388 g/mol. The molecule has 0 unspecified atom stereocenters. The van der Waals surface area contributed by atoms with E-state index >= 15 is 0 Å². The molecule has 10 heteroatoms. The highest BCUT2D eigenvalue weighted by Crippen LogP contribution is 2.26. The predicted molar refractivity (Wildman–Crippen MR) is 99.3 cm³/mol. The third kappa shape index (κ3) is 3.52. The van der Waals surface area contributed by atoms with E-state index in [2.05, 4.69) is 10.4 Å². The van der Waals surface area contributed by atoms with E-state index in [-0.39, 0.29) is 27.6 Å².